The van der Waals surface area contributed by atoms with E-state index in [2.05, 4.69) is 41.3 Å². The van der Waals surface area contributed by atoms with E-state index in [0.29, 0.717) is 5.92 Å². The van der Waals surface area contributed by atoms with Gasteiger partial charge in [-0.3, -0.25) is 11.3 Å². The SMILES string of the molecule is CCC(C)CC(Cc1cc(Br)ccc1OC)NN. The molecule has 0 fully saturated rings. The van der Waals surface area contributed by atoms with Crippen LogP contribution in [0.5, 0.6) is 5.75 Å². The maximum atomic E-state index is 5.65. The lowest BCUT2D eigenvalue weighted by Gasteiger charge is -2.20. The standard InChI is InChI=1S/C14H23BrN2O/c1-4-10(2)7-13(17-16)9-11-8-12(15)5-6-14(11)18-3/h5-6,8,10,13,17H,4,7,9,16H2,1-3H3. The van der Waals surface area contributed by atoms with Crippen LogP contribution in [-0.4, -0.2) is 13.2 Å². The first-order chi connectivity index (χ1) is 8.60. The summed E-state index contributed by atoms with van der Waals surface area (Å²) < 4.78 is 6.45. The minimum absolute atomic E-state index is 0.281. The van der Waals surface area contributed by atoms with E-state index in [-0.39, 0.29) is 6.04 Å². The third-order valence-electron chi connectivity index (χ3n) is 3.33. The molecular weight excluding hydrogens is 292 g/mol. The Hall–Kier alpha value is -0.580. The van der Waals surface area contributed by atoms with Crippen molar-refractivity contribution in [2.75, 3.05) is 7.11 Å². The second-order valence-corrected chi connectivity index (χ2v) is 5.69. The summed E-state index contributed by atoms with van der Waals surface area (Å²) in [7, 11) is 1.70. The largest absolute Gasteiger partial charge is 0.496 e. The summed E-state index contributed by atoms with van der Waals surface area (Å²) >= 11 is 3.49. The Morgan fingerprint density at radius 1 is 1.44 bits per heavy atom. The second-order valence-electron chi connectivity index (χ2n) is 4.77. The van der Waals surface area contributed by atoms with Gasteiger partial charge < -0.3 is 4.74 Å². The van der Waals surface area contributed by atoms with E-state index in [1.165, 1.54) is 12.0 Å². The number of nitrogens with two attached hydrogens (primary N) is 1. The predicted molar refractivity (Wildman–Crippen MR) is 79.6 cm³/mol. The Morgan fingerprint density at radius 2 is 2.17 bits per heavy atom. The van der Waals surface area contributed by atoms with Gasteiger partial charge in [0.05, 0.1) is 7.11 Å². The summed E-state index contributed by atoms with van der Waals surface area (Å²) in [6, 6.07) is 6.35. The first kappa shape index (κ1) is 15.5. The fraction of sp³-hybridized carbons (Fsp3) is 0.571. The van der Waals surface area contributed by atoms with Gasteiger partial charge in [-0.05, 0) is 42.5 Å². The molecule has 102 valence electrons. The Balaban J connectivity index is 2.77. The number of nitrogens with one attached hydrogen (secondary N) is 1. The van der Waals surface area contributed by atoms with E-state index in [1.54, 1.807) is 7.11 Å². The lowest BCUT2D eigenvalue weighted by Crippen LogP contribution is -2.38. The highest BCUT2D eigenvalue weighted by Crippen LogP contribution is 2.25. The maximum Gasteiger partial charge on any atom is 0.122 e. The van der Waals surface area contributed by atoms with Crippen molar-refractivity contribution in [2.45, 2.75) is 39.2 Å². The average molecular weight is 315 g/mol. The van der Waals surface area contributed by atoms with Crippen LogP contribution in [0.25, 0.3) is 0 Å². The minimum Gasteiger partial charge on any atom is -0.496 e. The first-order valence-corrected chi connectivity index (χ1v) is 7.18. The van der Waals surface area contributed by atoms with Crippen molar-refractivity contribution in [2.24, 2.45) is 11.8 Å². The van der Waals surface area contributed by atoms with Crippen molar-refractivity contribution in [1.82, 2.24) is 5.43 Å². The molecule has 1 aromatic carbocycles. The summed E-state index contributed by atoms with van der Waals surface area (Å²) in [4.78, 5) is 0. The van der Waals surface area contributed by atoms with Gasteiger partial charge in [0.15, 0.2) is 0 Å². The summed E-state index contributed by atoms with van der Waals surface area (Å²) in [6.07, 6.45) is 3.12. The highest BCUT2D eigenvalue weighted by Gasteiger charge is 2.14. The van der Waals surface area contributed by atoms with E-state index >= 15 is 0 Å². The van der Waals surface area contributed by atoms with Crippen LogP contribution in [-0.2, 0) is 6.42 Å². The predicted octanol–water partition coefficient (Wildman–Crippen LogP) is 3.27. The van der Waals surface area contributed by atoms with E-state index in [0.717, 1.165) is 23.1 Å². The van der Waals surface area contributed by atoms with Crippen molar-refractivity contribution in [3.8, 4) is 5.75 Å². The molecule has 0 heterocycles. The fourth-order valence-electron chi connectivity index (χ4n) is 2.03. The lowest BCUT2D eigenvalue weighted by molar-refractivity contribution is 0.381. The number of hydrogen-bond donors (Lipinski definition) is 2. The van der Waals surface area contributed by atoms with Gasteiger partial charge in [-0.1, -0.05) is 36.2 Å². The maximum absolute atomic E-state index is 5.65. The van der Waals surface area contributed by atoms with Crippen molar-refractivity contribution < 1.29 is 4.74 Å². The van der Waals surface area contributed by atoms with Crippen LogP contribution >= 0.6 is 15.9 Å². The van der Waals surface area contributed by atoms with Gasteiger partial charge in [-0.25, -0.2) is 0 Å². The minimum atomic E-state index is 0.281. The quantitative estimate of drug-likeness (QED) is 0.600. The summed E-state index contributed by atoms with van der Waals surface area (Å²) in [5.41, 5.74) is 4.09. The average Bonchev–Trinajstić information content (AvgIpc) is 2.38. The molecule has 0 aliphatic carbocycles. The number of rotatable bonds is 7. The molecule has 3 nitrogen and oxygen atoms in total. The highest BCUT2D eigenvalue weighted by molar-refractivity contribution is 9.10. The number of ether oxygens (including phenoxy) is 1. The van der Waals surface area contributed by atoms with Crippen molar-refractivity contribution in [3.63, 3.8) is 0 Å². The smallest absolute Gasteiger partial charge is 0.122 e. The van der Waals surface area contributed by atoms with Gasteiger partial charge >= 0.3 is 0 Å². The molecule has 0 saturated heterocycles. The molecule has 3 N–H and O–H groups in total. The molecule has 2 atom stereocenters. The third kappa shape index (κ3) is 4.59. The van der Waals surface area contributed by atoms with Crippen LogP contribution in [0.2, 0.25) is 0 Å². The van der Waals surface area contributed by atoms with E-state index in [1.807, 2.05) is 12.1 Å². The Bertz CT molecular complexity index is 371. The summed E-state index contributed by atoms with van der Waals surface area (Å²) in [5.74, 6) is 7.24. The van der Waals surface area contributed by atoms with Gasteiger partial charge in [-0.15, -0.1) is 0 Å². The molecule has 2 unspecified atom stereocenters. The van der Waals surface area contributed by atoms with E-state index < -0.39 is 0 Å². The van der Waals surface area contributed by atoms with Gasteiger partial charge in [-0.2, -0.15) is 0 Å². The van der Waals surface area contributed by atoms with Crippen LogP contribution in [0.15, 0.2) is 22.7 Å². The molecular formula is C14H23BrN2O. The van der Waals surface area contributed by atoms with Crippen LogP contribution in [0, 0.1) is 5.92 Å². The molecule has 18 heavy (non-hydrogen) atoms. The molecule has 0 bridgehead atoms. The topological polar surface area (TPSA) is 47.3 Å². The van der Waals surface area contributed by atoms with Crippen molar-refractivity contribution in [1.29, 1.82) is 0 Å². The highest BCUT2D eigenvalue weighted by atomic mass is 79.9. The second kappa shape index (κ2) is 7.77. The molecule has 0 aliphatic heterocycles. The van der Waals surface area contributed by atoms with Gasteiger partial charge in [0.2, 0.25) is 0 Å². The van der Waals surface area contributed by atoms with Gasteiger partial charge in [0.25, 0.3) is 0 Å². The normalized spacial score (nSPS) is 14.3. The molecule has 0 aliphatic rings. The third-order valence-corrected chi connectivity index (χ3v) is 3.82. The van der Waals surface area contributed by atoms with E-state index in [4.69, 9.17) is 10.6 Å². The molecule has 1 aromatic rings. The lowest BCUT2D eigenvalue weighted by atomic mass is 9.95. The fourth-order valence-corrected chi connectivity index (χ4v) is 2.44. The first-order valence-electron chi connectivity index (χ1n) is 6.39. The van der Waals surface area contributed by atoms with Crippen molar-refractivity contribution in [3.05, 3.63) is 28.2 Å². The molecule has 4 heteroatoms. The summed E-state index contributed by atoms with van der Waals surface area (Å²) in [6.45, 7) is 4.46. The zero-order valence-corrected chi connectivity index (χ0v) is 13.0. The number of hydrogen-bond acceptors (Lipinski definition) is 3. The number of halogens is 1. The van der Waals surface area contributed by atoms with Crippen LogP contribution in [0.3, 0.4) is 0 Å². The number of hydrazine groups is 1. The Kier molecular flexibility index (Phi) is 6.68. The molecule has 0 spiro atoms. The van der Waals surface area contributed by atoms with Crippen molar-refractivity contribution >= 4 is 15.9 Å². The zero-order chi connectivity index (χ0) is 13.5. The molecule has 0 saturated carbocycles. The van der Waals surface area contributed by atoms with Crippen LogP contribution in [0.4, 0.5) is 0 Å². The zero-order valence-electron chi connectivity index (χ0n) is 11.4. The van der Waals surface area contributed by atoms with Crippen LogP contribution in [0.1, 0.15) is 32.3 Å². The Morgan fingerprint density at radius 3 is 2.72 bits per heavy atom. The van der Waals surface area contributed by atoms with Gasteiger partial charge in [0, 0.05) is 10.5 Å². The van der Waals surface area contributed by atoms with Gasteiger partial charge in [0.1, 0.15) is 5.75 Å². The molecule has 0 radical (unpaired) electrons. The number of methoxy groups -OCH3 is 1. The molecule has 0 aromatic heterocycles. The van der Waals surface area contributed by atoms with Crippen LogP contribution < -0.4 is 16.0 Å². The van der Waals surface area contributed by atoms with E-state index in [9.17, 15) is 0 Å². The molecule has 0 amide bonds. The number of benzene rings is 1. The Labute approximate surface area is 118 Å². The molecule has 1 rings (SSSR count). The summed E-state index contributed by atoms with van der Waals surface area (Å²) in [5, 5.41) is 0. The monoisotopic (exact) mass is 314 g/mol.